The predicted molar refractivity (Wildman–Crippen MR) is 113 cm³/mol. The number of carbonyl (C=O) groups excluding carboxylic acids is 1. The summed E-state index contributed by atoms with van der Waals surface area (Å²) in [6, 6.07) is 29.9. The van der Waals surface area contributed by atoms with Gasteiger partial charge in [0.25, 0.3) is 0 Å². The van der Waals surface area contributed by atoms with Crippen molar-refractivity contribution in [3.8, 4) is 5.75 Å². The van der Waals surface area contributed by atoms with Gasteiger partial charge < -0.3 is 10.1 Å². The van der Waals surface area contributed by atoms with Crippen LogP contribution in [0.4, 0.5) is 10.5 Å². The van der Waals surface area contributed by atoms with Gasteiger partial charge in [0.15, 0.2) is 0 Å². The molecule has 0 unspecified atom stereocenters. The van der Waals surface area contributed by atoms with Gasteiger partial charge in [0.2, 0.25) is 6.23 Å². The summed E-state index contributed by atoms with van der Waals surface area (Å²) in [6.07, 6.45) is -0.497. The number of para-hydroxylation sites is 1. The molecule has 0 saturated heterocycles. The largest absolute Gasteiger partial charge is 0.466 e. The van der Waals surface area contributed by atoms with Crippen molar-refractivity contribution in [1.82, 2.24) is 4.90 Å². The minimum atomic E-state index is -0.497. The van der Waals surface area contributed by atoms with Crippen LogP contribution in [0.25, 0.3) is 10.8 Å². The van der Waals surface area contributed by atoms with Crippen molar-refractivity contribution in [3.63, 3.8) is 0 Å². The summed E-state index contributed by atoms with van der Waals surface area (Å²) >= 11 is 0. The molecule has 2 amide bonds. The fourth-order valence-corrected chi connectivity index (χ4v) is 4.52. The second-order valence-corrected chi connectivity index (χ2v) is 7.41. The Kier molecular flexibility index (Phi) is 3.41. The lowest BCUT2D eigenvalue weighted by Gasteiger charge is -2.46. The number of hydrogen-bond donors (Lipinski definition) is 1. The van der Waals surface area contributed by atoms with Crippen LogP contribution in [0.3, 0.4) is 0 Å². The van der Waals surface area contributed by atoms with Crippen molar-refractivity contribution >= 4 is 22.5 Å². The maximum atomic E-state index is 13.3. The summed E-state index contributed by atoms with van der Waals surface area (Å²) in [5.41, 5.74) is 3.92. The molecule has 140 valence electrons. The van der Waals surface area contributed by atoms with Gasteiger partial charge in [0.05, 0.1) is 6.04 Å². The first-order chi connectivity index (χ1) is 14.3. The van der Waals surface area contributed by atoms with E-state index in [1.807, 2.05) is 71.6 Å². The van der Waals surface area contributed by atoms with Crippen molar-refractivity contribution < 1.29 is 9.53 Å². The Morgan fingerprint density at radius 3 is 2.45 bits per heavy atom. The van der Waals surface area contributed by atoms with Crippen LogP contribution in [0.1, 0.15) is 29.0 Å². The number of amides is 2. The van der Waals surface area contributed by atoms with Crippen molar-refractivity contribution in [2.45, 2.75) is 12.3 Å². The molecule has 0 aliphatic carbocycles. The predicted octanol–water partition coefficient (Wildman–Crippen LogP) is 5.87. The molecule has 2 aliphatic heterocycles. The van der Waals surface area contributed by atoms with Crippen LogP contribution in [0.2, 0.25) is 0 Å². The summed E-state index contributed by atoms with van der Waals surface area (Å²) in [5.74, 6) is 0.823. The molecule has 4 aromatic carbocycles. The van der Waals surface area contributed by atoms with Crippen molar-refractivity contribution in [2.24, 2.45) is 0 Å². The highest BCUT2D eigenvalue weighted by molar-refractivity contribution is 5.97. The van der Waals surface area contributed by atoms with E-state index in [2.05, 4.69) is 29.6 Å². The molecule has 2 aliphatic rings. The van der Waals surface area contributed by atoms with Gasteiger partial charge in [-0.25, -0.2) is 4.79 Å². The van der Waals surface area contributed by atoms with Gasteiger partial charge >= 0.3 is 6.03 Å². The van der Waals surface area contributed by atoms with E-state index >= 15 is 0 Å². The molecule has 2 heterocycles. The molecule has 6 rings (SSSR count). The number of rotatable bonds is 1. The first kappa shape index (κ1) is 16.2. The second-order valence-electron chi connectivity index (χ2n) is 7.41. The molecule has 0 radical (unpaired) electrons. The third kappa shape index (κ3) is 2.36. The summed E-state index contributed by atoms with van der Waals surface area (Å²) in [7, 11) is 0. The van der Waals surface area contributed by atoms with Crippen LogP contribution in [-0.2, 0) is 0 Å². The Labute approximate surface area is 168 Å². The van der Waals surface area contributed by atoms with E-state index < -0.39 is 6.23 Å². The fourth-order valence-electron chi connectivity index (χ4n) is 4.52. The molecular formula is C25H18N2O2. The molecule has 29 heavy (non-hydrogen) atoms. The van der Waals surface area contributed by atoms with Crippen LogP contribution in [0.5, 0.6) is 5.75 Å². The third-order valence-corrected chi connectivity index (χ3v) is 5.79. The minimum absolute atomic E-state index is 0.152. The molecule has 4 nitrogen and oxygen atoms in total. The molecule has 1 N–H and O–H groups in total. The normalized spacial score (nSPS) is 19.6. The Morgan fingerprint density at radius 1 is 0.793 bits per heavy atom. The number of carbonyl (C=O) groups is 1. The monoisotopic (exact) mass is 378 g/mol. The standard InChI is InChI=1S/C25H18N2O2/c28-25-26-20-13-7-6-12-19(20)23-22-18-11-5-4-8-16(18)14-15-21(22)29-24(27(23)25)17-9-2-1-3-10-17/h1-15,23-24H,(H,26,28)/t23-,24+/m0/s1. The number of urea groups is 1. The van der Waals surface area contributed by atoms with Crippen LogP contribution in [-0.4, -0.2) is 10.9 Å². The van der Waals surface area contributed by atoms with Crippen molar-refractivity contribution in [1.29, 1.82) is 0 Å². The Bertz CT molecular complexity index is 1250. The van der Waals surface area contributed by atoms with E-state index in [-0.39, 0.29) is 12.1 Å². The highest BCUT2D eigenvalue weighted by atomic mass is 16.5. The van der Waals surface area contributed by atoms with Gasteiger partial charge in [-0.1, -0.05) is 78.9 Å². The zero-order valence-corrected chi connectivity index (χ0v) is 15.6. The van der Waals surface area contributed by atoms with E-state index in [1.54, 1.807) is 0 Å². The summed E-state index contributed by atoms with van der Waals surface area (Å²) in [6.45, 7) is 0. The summed E-state index contributed by atoms with van der Waals surface area (Å²) in [4.78, 5) is 15.1. The lowest BCUT2D eigenvalue weighted by molar-refractivity contribution is 0.0154. The minimum Gasteiger partial charge on any atom is -0.466 e. The van der Waals surface area contributed by atoms with E-state index in [1.165, 1.54) is 0 Å². The Balaban J connectivity index is 1.67. The number of nitrogens with zero attached hydrogens (tertiary/aromatic N) is 1. The Morgan fingerprint density at radius 2 is 1.55 bits per heavy atom. The summed E-state index contributed by atoms with van der Waals surface area (Å²) in [5, 5.41) is 5.29. The first-order valence-corrected chi connectivity index (χ1v) is 9.73. The number of ether oxygens (including phenoxy) is 1. The molecule has 2 atom stereocenters. The highest BCUT2D eigenvalue weighted by Gasteiger charge is 2.45. The van der Waals surface area contributed by atoms with Gasteiger partial charge in [-0.15, -0.1) is 0 Å². The maximum absolute atomic E-state index is 13.3. The number of hydrogen-bond acceptors (Lipinski definition) is 2. The molecule has 0 fully saturated rings. The molecule has 4 heteroatoms. The zero-order valence-electron chi connectivity index (χ0n) is 15.6. The first-order valence-electron chi connectivity index (χ1n) is 9.73. The second kappa shape index (κ2) is 6.11. The number of nitrogens with one attached hydrogen (secondary N) is 1. The van der Waals surface area contributed by atoms with Crippen LogP contribution in [0.15, 0.2) is 91.0 Å². The molecule has 0 aromatic heterocycles. The van der Waals surface area contributed by atoms with E-state index in [4.69, 9.17) is 4.74 Å². The van der Waals surface area contributed by atoms with E-state index in [0.717, 1.165) is 38.9 Å². The average Bonchev–Trinajstić information content (AvgIpc) is 2.78. The van der Waals surface area contributed by atoms with Crippen molar-refractivity contribution in [3.05, 3.63) is 108 Å². The third-order valence-electron chi connectivity index (χ3n) is 5.79. The van der Waals surface area contributed by atoms with Gasteiger partial charge in [0.1, 0.15) is 5.75 Å². The molecule has 0 spiro atoms. The number of benzene rings is 4. The van der Waals surface area contributed by atoms with Gasteiger partial charge in [0, 0.05) is 22.4 Å². The van der Waals surface area contributed by atoms with Gasteiger partial charge in [-0.05, 0) is 22.9 Å². The van der Waals surface area contributed by atoms with Crippen LogP contribution in [0, 0.1) is 0 Å². The average molecular weight is 378 g/mol. The molecule has 0 saturated carbocycles. The van der Waals surface area contributed by atoms with Crippen LogP contribution < -0.4 is 10.1 Å². The topological polar surface area (TPSA) is 41.6 Å². The molecule has 4 aromatic rings. The highest BCUT2D eigenvalue weighted by Crippen LogP contribution is 2.51. The molecular weight excluding hydrogens is 360 g/mol. The zero-order chi connectivity index (χ0) is 19.4. The SMILES string of the molecule is O=C1Nc2ccccc2[C@H]2c3c(ccc4ccccc34)O[C@H](c3ccccc3)N12. The lowest BCUT2D eigenvalue weighted by atomic mass is 9.87. The number of fused-ring (bicyclic) bond motifs is 7. The Hall–Kier alpha value is -3.79. The quantitative estimate of drug-likeness (QED) is 0.450. The van der Waals surface area contributed by atoms with E-state index in [0.29, 0.717) is 0 Å². The smallest absolute Gasteiger partial charge is 0.325 e. The summed E-state index contributed by atoms with van der Waals surface area (Å²) < 4.78 is 6.45. The maximum Gasteiger partial charge on any atom is 0.325 e. The molecule has 0 bridgehead atoms. The van der Waals surface area contributed by atoms with Crippen molar-refractivity contribution in [2.75, 3.05) is 5.32 Å². The van der Waals surface area contributed by atoms with Gasteiger partial charge in [-0.2, -0.15) is 0 Å². The number of anilines is 1. The lowest BCUT2D eigenvalue weighted by Crippen LogP contribution is -2.49. The van der Waals surface area contributed by atoms with E-state index in [9.17, 15) is 4.79 Å². The van der Waals surface area contributed by atoms with Gasteiger partial charge in [-0.3, -0.25) is 4.90 Å². The fraction of sp³-hybridized carbons (Fsp3) is 0.0800. The van der Waals surface area contributed by atoms with Crippen LogP contribution >= 0.6 is 0 Å².